The zero-order chi connectivity index (χ0) is 15.0. The Hall–Kier alpha value is -1.75. The smallest absolute Gasteiger partial charge is 0.257 e. The Kier molecular flexibility index (Phi) is 3.76. The van der Waals surface area contributed by atoms with Crippen molar-refractivity contribution in [2.45, 2.75) is 25.6 Å². The molecule has 5 heteroatoms. The average Bonchev–Trinajstić information content (AvgIpc) is 3.03. The third-order valence-corrected chi connectivity index (χ3v) is 4.35. The number of amides is 1. The minimum absolute atomic E-state index is 0.000145. The van der Waals surface area contributed by atoms with Gasteiger partial charge in [0.05, 0.1) is 32.0 Å². The van der Waals surface area contributed by atoms with Gasteiger partial charge in [-0.05, 0) is 25.5 Å². The second-order valence-electron chi connectivity index (χ2n) is 5.76. The number of ether oxygens (including phenoxy) is 3. The molecule has 0 saturated carbocycles. The molecule has 0 radical (unpaired) electrons. The molecule has 0 aromatic heterocycles. The Balaban J connectivity index is 1.77. The van der Waals surface area contributed by atoms with E-state index in [1.54, 1.807) is 32.4 Å². The zero-order valence-electron chi connectivity index (χ0n) is 12.7. The van der Waals surface area contributed by atoms with Gasteiger partial charge in [-0.25, -0.2) is 0 Å². The summed E-state index contributed by atoms with van der Waals surface area (Å²) in [5.74, 6) is 1.69. The molecular weight excluding hydrogens is 270 g/mol. The maximum absolute atomic E-state index is 12.7. The highest BCUT2D eigenvalue weighted by Crippen LogP contribution is 2.34. The topological polar surface area (TPSA) is 48.0 Å². The highest BCUT2D eigenvalue weighted by atomic mass is 16.5. The zero-order valence-corrected chi connectivity index (χ0v) is 12.7. The van der Waals surface area contributed by atoms with Gasteiger partial charge in [0, 0.05) is 25.1 Å². The first-order valence-corrected chi connectivity index (χ1v) is 7.29. The van der Waals surface area contributed by atoms with E-state index in [-0.39, 0.29) is 12.0 Å². The van der Waals surface area contributed by atoms with Gasteiger partial charge in [0.1, 0.15) is 11.5 Å². The Bertz CT molecular complexity index is 531. The lowest BCUT2D eigenvalue weighted by Gasteiger charge is -2.20. The summed E-state index contributed by atoms with van der Waals surface area (Å²) >= 11 is 0. The van der Waals surface area contributed by atoms with E-state index >= 15 is 0 Å². The summed E-state index contributed by atoms with van der Waals surface area (Å²) in [5.41, 5.74) is 0.575. The van der Waals surface area contributed by atoms with Crippen LogP contribution in [0.3, 0.4) is 0 Å². The molecule has 2 aliphatic heterocycles. The van der Waals surface area contributed by atoms with Crippen LogP contribution >= 0.6 is 0 Å². The normalized spacial score (nSPS) is 27.6. The van der Waals surface area contributed by atoms with Gasteiger partial charge in [-0.2, -0.15) is 0 Å². The fourth-order valence-electron chi connectivity index (χ4n) is 3.31. The molecular formula is C16H21NO4. The maximum atomic E-state index is 12.7. The van der Waals surface area contributed by atoms with Crippen molar-refractivity contribution < 1.29 is 19.0 Å². The van der Waals surface area contributed by atoms with E-state index in [1.807, 2.05) is 4.90 Å². The Morgan fingerprint density at radius 3 is 2.76 bits per heavy atom. The van der Waals surface area contributed by atoms with Gasteiger partial charge in [0.15, 0.2) is 0 Å². The molecule has 1 amide bonds. The van der Waals surface area contributed by atoms with Gasteiger partial charge < -0.3 is 19.1 Å². The molecule has 114 valence electrons. The molecule has 2 aliphatic rings. The van der Waals surface area contributed by atoms with Crippen LogP contribution in [0, 0.1) is 5.92 Å². The van der Waals surface area contributed by atoms with Gasteiger partial charge in [-0.1, -0.05) is 0 Å². The van der Waals surface area contributed by atoms with Crippen molar-refractivity contribution in [2.24, 2.45) is 5.92 Å². The van der Waals surface area contributed by atoms with Crippen LogP contribution in [0.25, 0.3) is 0 Å². The van der Waals surface area contributed by atoms with Crippen LogP contribution in [-0.4, -0.2) is 50.3 Å². The number of nitrogens with zero attached hydrogens (tertiary/aromatic N) is 1. The lowest BCUT2D eigenvalue weighted by molar-refractivity contribution is 0.0442. The molecule has 2 heterocycles. The summed E-state index contributed by atoms with van der Waals surface area (Å²) in [5, 5.41) is 0. The maximum Gasteiger partial charge on any atom is 0.257 e. The van der Waals surface area contributed by atoms with Crippen LogP contribution in [0.5, 0.6) is 11.5 Å². The largest absolute Gasteiger partial charge is 0.497 e. The van der Waals surface area contributed by atoms with Crippen LogP contribution < -0.4 is 9.47 Å². The van der Waals surface area contributed by atoms with Crippen molar-refractivity contribution in [1.29, 1.82) is 0 Å². The van der Waals surface area contributed by atoms with Crippen molar-refractivity contribution in [3.05, 3.63) is 23.8 Å². The highest BCUT2D eigenvalue weighted by molar-refractivity contribution is 5.97. The van der Waals surface area contributed by atoms with Crippen LogP contribution in [0.2, 0.25) is 0 Å². The lowest BCUT2D eigenvalue weighted by Crippen LogP contribution is -2.31. The summed E-state index contributed by atoms with van der Waals surface area (Å²) < 4.78 is 16.3. The molecule has 2 saturated heterocycles. The van der Waals surface area contributed by atoms with E-state index in [0.717, 1.165) is 13.0 Å². The fourth-order valence-corrected chi connectivity index (χ4v) is 3.31. The Morgan fingerprint density at radius 1 is 1.29 bits per heavy atom. The number of carbonyl (C=O) groups is 1. The minimum Gasteiger partial charge on any atom is -0.497 e. The lowest BCUT2D eigenvalue weighted by atomic mass is 10.0. The molecule has 1 aromatic carbocycles. The summed E-state index contributed by atoms with van der Waals surface area (Å²) in [6, 6.07) is 5.28. The van der Waals surface area contributed by atoms with E-state index in [4.69, 9.17) is 14.2 Å². The number of likely N-dealkylation sites (tertiary alicyclic amines) is 1. The number of fused-ring (bicyclic) bond motifs is 1. The summed E-state index contributed by atoms with van der Waals surface area (Å²) in [7, 11) is 3.16. The van der Waals surface area contributed by atoms with E-state index in [0.29, 0.717) is 35.6 Å². The first-order valence-electron chi connectivity index (χ1n) is 7.29. The number of rotatable bonds is 3. The van der Waals surface area contributed by atoms with Crippen molar-refractivity contribution >= 4 is 5.91 Å². The predicted molar refractivity (Wildman–Crippen MR) is 77.9 cm³/mol. The average molecular weight is 291 g/mol. The van der Waals surface area contributed by atoms with Crippen LogP contribution in [0.4, 0.5) is 0 Å². The predicted octanol–water partition coefficient (Wildman–Crippen LogP) is 1.95. The Morgan fingerprint density at radius 2 is 2.10 bits per heavy atom. The van der Waals surface area contributed by atoms with Gasteiger partial charge >= 0.3 is 0 Å². The van der Waals surface area contributed by atoms with Crippen molar-refractivity contribution in [1.82, 2.24) is 4.90 Å². The van der Waals surface area contributed by atoms with E-state index in [1.165, 1.54) is 0 Å². The monoisotopic (exact) mass is 291 g/mol. The summed E-state index contributed by atoms with van der Waals surface area (Å²) in [6.07, 6.45) is 1.54. The fraction of sp³-hybridized carbons (Fsp3) is 0.562. The third-order valence-electron chi connectivity index (χ3n) is 4.35. The molecule has 0 N–H and O–H groups in total. The van der Waals surface area contributed by atoms with Crippen molar-refractivity contribution in [2.75, 3.05) is 27.3 Å². The molecule has 3 rings (SSSR count). The molecule has 0 spiro atoms. The number of hydrogen-bond donors (Lipinski definition) is 0. The number of benzene rings is 1. The minimum atomic E-state index is 0.000145. The number of methoxy groups -OCH3 is 2. The van der Waals surface area contributed by atoms with Gasteiger partial charge in [-0.3, -0.25) is 4.79 Å². The second-order valence-corrected chi connectivity index (χ2v) is 5.76. The second kappa shape index (κ2) is 5.56. The molecule has 1 aromatic rings. The molecule has 3 atom stereocenters. The van der Waals surface area contributed by atoms with Crippen LogP contribution in [-0.2, 0) is 4.74 Å². The molecule has 2 fully saturated rings. The first kappa shape index (κ1) is 14.2. The molecule has 5 nitrogen and oxygen atoms in total. The van der Waals surface area contributed by atoms with E-state index < -0.39 is 0 Å². The quantitative estimate of drug-likeness (QED) is 0.854. The molecule has 0 aliphatic carbocycles. The summed E-state index contributed by atoms with van der Waals surface area (Å²) in [4.78, 5) is 14.6. The van der Waals surface area contributed by atoms with Crippen molar-refractivity contribution in [3.63, 3.8) is 0 Å². The van der Waals surface area contributed by atoms with Crippen LogP contribution in [0.1, 0.15) is 23.7 Å². The molecule has 0 unspecified atom stereocenters. The third kappa shape index (κ3) is 2.58. The SMILES string of the molecule is COc1ccc(C(=O)N2C[C@H]3C[C@H](C)O[C@H]3C2)c(OC)c1. The van der Waals surface area contributed by atoms with Gasteiger partial charge in [-0.15, -0.1) is 0 Å². The molecule has 0 bridgehead atoms. The highest BCUT2D eigenvalue weighted by Gasteiger charge is 2.42. The number of hydrogen-bond acceptors (Lipinski definition) is 4. The Labute approximate surface area is 124 Å². The number of carbonyl (C=O) groups excluding carboxylic acids is 1. The van der Waals surface area contributed by atoms with E-state index in [2.05, 4.69) is 6.92 Å². The van der Waals surface area contributed by atoms with Gasteiger partial charge in [0.25, 0.3) is 5.91 Å². The van der Waals surface area contributed by atoms with Crippen LogP contribution in [0.15, 0.2) is 18.2 Å². The first-order chi connectivity index (χ1) is 10.1. The molecule has 21 heavy (non-hydrogen) atoms. The van der Waals surface area contributed by atoms with Gasteiger partial charge in [0.2, 0.25) is 0 Å². The van der Waals surface area contributed by atoms with E-state index in [9.17, 15) is 4.79 Å². The summed E-state index contributed by atoms with van der Waals surface area (Å²) in [6.45, 7) is 3.53. The standard InChI is InChI=1S/C16H21NO4/c1-10-6-11-8-17(9-15(11)21-10)16(18)13-5-4-12(19-2)7-14(13)20-3/h4-5,7,10-11,15H,6,8-9H2,1-3H3/t10-,11+,15-/m0/s1. The van der Waals surface area contributed by atoms with Crippen molar-refractivity contribution in [3.8, 4) is 11.5 Å².